The van der Waals surface area contributed by atoms with Crippen LogP contribution in [0.15, 0.2) is 0 Å². The van der Waals surface area contributed by atoms with Gasteiger partial charge in [-0.2, -0.15) is 91.8 Å². The van der Waals surface area contributed by atoms with Crippen molar-refractivity contribution < 1.29 is 105 Å². The third-order valence-electron chi connectivity index (χ3n) is 4.79. The molecule has 1 aliphatic carbocycles. The standard InChI is InChI=1S/C11HF21O3S/c12-1(2(13,14)5(19,20)6(21,22)9(27,28)11(30,31)32)3(15,16)7(23,24)10(29,36(33,34)35)8(25,26)4(1,17)18/h(H,33,34,35). The van der Waals surface area contributed by atoms with Crippen molar-refractivity contribution in [1.82, 2.24) is 0 Å². The van der Waals surface area contributed by atoms with Crippen LogP contribution < -0.4 is 0 Å². The van der Waals surface area contributed by atoms with E-state index in [0.717, 1.165) is 0 Å². The SMILES string of the molecule is O=S(=O)(O)C1(F)C(F)(F)C(F)(F)C(F)(C(F)(F)C(F)(F)C(F)(F)C(F)(F)C(F)(F)F)C(F)(F)C1(F)F. The zero-order valence-electron chi connectivity index (χ0n) is 15.1. The molecule has 0 saturated heterocycles. The van der Waals surface area contributed by atoms with Crippen molar-refractivity contribution >= 4 is 10.1 Å². The largest absolute Gasteiger partial charge is 0.460 e. The Bertz CT molecular complexity index is 979. The maximum atomic E-state index is 14.3. The van der Waals surface area contributed by atoms with Crippen molar-refractivity contribution in [1.29, 1.82) is 0 Å². The third kappa shape index (κ3) is 2.83. The van der Waals surface area contributed by atoms with Crippen LogP contribution >= 0.6 is 0 Å². The lowest BCUT2D eigenvalue weighted by Crippen LogP contribution is -2.91. The highest BCUT2D eigenvalue weighted by atomic mass is 32.2. The third-order valence-corrected chi connectivity index (χ3v) is 6.01. The average Bonchev–Trinajstić information content (AvgIpc) is 2.62. The molecule has 0 aromatic rings. The molecular weight excluding hydrogens is 611 g/mol. The van der Waals surface area contributed by atoms with Crippen LogP contribution in [0.5, 0.6) is 0 Å². The molecule has 0 atom stereocenters. The van der Waals surface area contributed by atoms with Gasteiger partial charge < -0.3 is 0 Å². The minimum absolute atomic E-state index is 8.06. The Morgan fingerprint density at radius 3 is 0.972 bits per heavy atom. The fourth-order valence-electron chi connectivity index (χ4n) is 2.74. The molecule has 1 rings (SSSR count). The van der Waals surface area contributed by atoms with E-state index in [1.54, 1.807) is 0 Å². The molecule has 0 unspecified atom stereocenters. The Morgan fingerprint density at radius 2 is 0.750 bits per heavy atom. The molecule has 0 bridgehead atoms. The van der Waals surface area contributed by atoms with Crippen LogP contribution in [0.3, 0.4) is 0 Å². The van der Waals surface area contributed by atoms with E-state index in [1.807, 2.05) is 0 Å². The highest BCUT2D eigenvalue weighted by Gasteiger charge is 3.09. The van der Waals surface area contributed by atoms with Gasteiger partial charge in [0, 0.05) is 0 Å². The molecular formula is C11HF21O3S. The Balaban J connectivity index is 4.32. The molecule has 0 aliphatic heterocycles. The summed E-state index contributed by atoms with van der Waals surface area (Å²) >= 11 is 0. The molecule has 1 fully saturated rings. The zero-order chi connectivity index (χ0) is 30.0. The summed E-state index contributed by atoms with van der Waals surface area (Å²) in [5, 5.41) is -8.35. The van der Waals surface area contributed by atoms with E-state index >= 15 is 0 Å². The Labute approximate surface area is 180 Å². The van der Waals surface area contributed by atoms with Crippen molar-refractivity contribution in [3.63, 3.8) is 0 Å². The smallest absolute Gasteiger partial charge is 0.283 e. The first kappa shape index (κ1) is 32.5. The van der Waals surface area contributed by atoms with Gasteiger partial charge in [0.2, 0.25) is 0 Å². The van der Waals surface area contributed by atoms with Crippen LogP contribution in [0.1, 0.15) is 0 Å². The predicted molar refractivity (Wildman–Crippen MR) is 64.9 cm³/mol. The summed E-state index contributed by atoms with van der Waals surface area (Å²) in [4.78, 5) is 0. The van der Waals surface area contributed by atoms with Gasteiger partial charge in [-0.15, -0.1) is 0 Å². The van der Waals surface area contributed by atoms with Gasteiger partial charge in [-0.05, 0) is 0 Å². The van der Waals surface area contributed by atoms with E-state index in [0.29, 0.717) is 0 Å². The van der Waals surface area contributed by atoms with Gasteiger partial charge in [0.1, 0.15) is 0 Å². The summed E-state index contributed by atoms with van der Waals surface area (Å²) in [7, 11) is -8.53. The number of halogens is 21. The second kappa shape index (κ2) is 7.09. The fourth-order valence-corrected chi connectivity index (χ4v) is 3.64. The van der Waals surface area contributed by atoms with Crippen LogP contribution in [0.2, 0.25) is 0 Å². The van der Waals surface area contributed by atoms with Crippen molar-refractivity contribution in [3.8, 4) is 0 Å². The first-order valence-corrected chi connectivity index (χ1v) is 8.88. The summed E-state index contributed by atoms with van der Waals surface area (Å²) in [5.41, 5.74) is -9.51. The maximum absolute atomic E-state index is 14.3. The van der Waals surface area contributed by atoms with Crippen LogP contribution in [-0.4, -0.2) is 77.2 Å². The number of alkyl halides is 21. The molecule has 1 aliphatic rings. The van der Waals surface area contributed by atoms with E-state index < -0.39 is 74.3 Å². The lowest BCUT2D eigenvalue weighted by Gasteiger charge is -2.56. The van der Waals surface area contributed by atoms with Crippen molar-refractivity contribution in [2.24, 2.45) is 0 Å². The van der Waals surface area contributed by atoms with E-state index in [4.69, 9.17) is 4.55 Å². The molecule has 25 heteroatoms. The van der Waals surface area contributed by atoms with Gasteiger partial charge in [-0.3, -0.25) is 4.55 Å². The molecule has 1 saturated carbocycles. The lowest BCUT2D eigenvalue weighted by atomic mass is 9.67. The summed E-state index contributed by atoms with van der Waals surface area (Å²) in [6, 6.07) is 0. The lowest BCUT2D eigenvalue weighted by molar-refractivity contribution is -0.503. The van der Waals surface area contributed by atoms with Crippen LogP contribution in [0.4, 0.5) is 92.2 Å². The van der Waals surface area contributed by atoms with Gasteiger partial charge in [0.15, 0.2) is 0 Å². The molecule has 0 amide bonds. The van der Waals surface area contributed by atoms with E-state index in [1.165, 1.54) is 0 Å². The maximum Gasteiger partial charge on any atom is 0.460 e. The van der Waals surface area contributed by atoms with Gasteiger partial charge in [-0.1, -0.05) is 0 Å². The topological polar surface area (TPSA) is 54.4 Å². The fraction of sp³-hybridized carbons (Fsp3) is 1.00. The monoisotopic (exact) mass is 612 g/mol. The minimum Gasteiger partial charge on any atom is -0.283 e. The van der Waals surface area contributed by atoms with E-state index in [-0.39, 0.29) is 0 Å². The molecule has 0 heterocycles. The average molecular weight is 612 g/mol. The quantitative estimate of drug-likeness (QED) is 0.311. The second-order valence-electron chi connectivity index (χ2n) is 6.82. The molecule has 0 spiro atoms. The molecule has 0 aromatic heterocycles. The summed E-state index contributed by atoms with van der Waals surface area (Å²) in [6.07, 6.45) is -8.16. The first-order valence-electron chi connectivity index (χ1n) is 7.44. The number of hydrogen-bond acceptors (Lipinski definition) is 2. The molecule has 216 valence electrons. The molecule has 1 N–H and O–H groups in total. The summed E-state index contributed by atoms with van der Waals surface area (Å²) in [6.45, 7) is 0. The number of rotatable bonds is 5. The van der Waals surface area contributed by atoms with Gasteiger partial charge in [0.25, 0.3) is 0 Å². The van der Waals surface area contributed by atoms with E-state index in [2.05, 4.69) is 0 Å². The van der Waals surface area contributed by atoms with Crippen LogP contribution in [-0.2, 0) is 10.1 Å². The van der Waals surface area contributed by atoms with Crippen molar-refractivity contribution in [2.75, 3.05) is 0 Å². The highest BCUT2D eigenvalue weighted by Crippen LogP contribution is 2.75. The Morgan fingerprint density at radius 1 is 0.472 bits per heavy atom. The molecule has 0 aromatic carbocycles. The van der Waals surface area contributed by atoms with Gasteiger partial charge >= 0.3 is 74.3 Å². The zero-order valence-corrected chi connectivity index (χ0v) is 15.9. The Hall–Kier alpha value is -1.56. The normalized spacial score (nSPS) is 31.3. The highest BCUT2D eigenvalue weighted by molar-refractivity contribution is 7.87. The summed E-state index contributed by atoms with van der Waals surface area (Å²) < 4.78 is 310. The molecule has 36 heavy (non-hydrogen) atoms. The van der Waals surface area contributed by atoms with Crippen LogP contribution in [0.25, 0.3) is 0 Å². The first-order chi connectivity index (χ1) is 15.0. The minimum atomic E-state index is -9.60. The number of hydrogen-bond donors (Lipinski definition) is 1. The van der Waals surface area contributed by atoms with Gasteiger partial charge in [0.05, 0.1) is 0 Å². The van der Waals surface area contributed by atoms with Gasteiger partial charge in [-0.25, -0.2) is 8.78 Å². The van der Waals surface area contributed by atoms with E-state index in [9.17, 15) is 101 Å². The van der Waals surface area contributed by atoms with Crippen LogP contribution in [0, 0.1) is 0 Å². The summed E-state index contributed by atoms with van der Waals surface area (Å²) in [5.74, 6) is -72.7. The van der Waals surface area contributed by atoms with Crippen molar-refractivity contribution in [2.45, 2.75) is 64.2 Å². The van der Waals surface area contributed by atoms with Crippen molar-refractivity contribution in [3.05, 3.63) is 0 Å². The second-order valence-corrected chi connectivity index (χ2v) is 8.33. The molecule has 0 radical (unpaired) electrons. The predicted octanol–water partition coefficient (Wildman–Crippen LogP) is 5.91. The Kier molecular flexibility index (Phi) is 6.40. The molecule has 3 nitrogen and oxygen atoms in total.